The number of carbonyl (C=O) groups is 1. The molecular weight excluding hydrogens is 488 g/mol. The Kier molecular flexibility index (Phi) is 7.84. The van der Waals surface area contributed by atoms with E-state index in [0.717, 1.165) is 77.6 Å². The molecule has 1 fully saturated rings. The van der Waals surface area contributed by atoms with Crippen LogP contribution in [0.2, 0.25) is 0 Å². The molecule has 3 N–H and O–H groups in total. The molecule has 4 aromatic rings. The average molecular weight is 527 g/mol. The van der Waals surface area contributed by atoms with Gasteiger partial charge in [-0.25, -0.2) is 14.8 Å². The van der Waals surface area contributed by atoms with Crippen molar-refractivity contribution in [2.75, 3.05) is 13.1 Å². The predicted molar refractivity (Wildman–Crippen MR) is 154 cm³/mol. The van der Waals surface area contributed by atoms with Gasteiger partial charge in [0.05, 0.1) is 36.4 Å². The lowest BCUT2D eigenvalue weighted by Crippen LogP contribution is -2.36. The van der Waals surface area contributed by atoms with Gasteiger partial charge < -0.3 is 20.0 Å². The zero-order valence-electron chi connectivity index (χ0n) is 23.3. The Morgan fingerprint density at radius 1 is 0.949 bits per heavy atom. The molecule has 0 radical (unpaired) electrons. The van der Waals surface area contributed by atoms with E-state index < -0.39 is 5.60 Å². The van der Waals surface area contributed by atoms with Gasteiger partial charge in [-0.3, -0.25) is 4.90 Å². The first-order valence-electron chi connectivity index (χ1n) is 13.8. The molecule has 5 rings (SSSR count). The van der Waals surface area contributed by atoms with E-state index >= 15 is 0 Å². The molecule has 2 aromatic heterocycles. The van der Waals surface area contributed by atoms with Crippen LogP contribution in [0.15, 0.2) is 60.9 Å². The molecule has 0 unspecified atom stereocenters. The Morgan fingerprint density at radius 3 is 2.15 bits per heavy atom. The fourth-order valence-corrected chi connectivity index (χ4v) is 4.91. The van der Waals surface area contributed by atoms with Gasteiger partial charge >= 0.3 is 6.09 Å². The van der Waals surface area contributed by atoms with Gasteiger partial charge in [-0.15, -0.1) is 0 Å². The summed E-state index contributed by atoms with van der Waals surface area (Å²) in [6.45, 7) is 10.2. The van der Waals surface area contributed by atoms with Crippen LogP contribution in [0, 0.1) is 0 Å². The number of aromatic nitrogens is 4. The molecule has 1 saturated heterocycles. The average Bonchev–Trinajstić information content (AvgIpc) is 3.69. The molecule has 0 bridgehead atoms. The second-order valence-corrected chi connectivity index (χ2v) is 11.1. The van der Waals surface area contributed by atoms with Crippen LogP contribution in [-0.2, 0) is 11.3 Å². The highest BCUT2D eigenvalue weighted by Crippen LogP contribution is 2.33. The first-order valence-corrected chi connectivity index (χ1v) is 13.8. The Balaban J connectivity index is 1.24. The lowest BCUT2D eigenvalue weighted by atomic mass is 10.0. The molecule has 8 heteroatoms. The highest BCUT2D eigenvalue weighted by Gasteiger charge is 2.34. The maximum absolute atomic E-state index is 12.7. The third-order valence-electron chi connectivity index (χ3n) is 6.86. The third kappa shape index (κ3) is 6.40. The Bertz CT molecular complexity index is 1380. The highest BCUT2D eigenvalue weighted by molar-refractivity contribution is 5.72. The van der Waals surface area contributed by atoms with E-state index in [1.165, 1.54) is 0 Å². The van der Waals surface area contributed by atoms with Crippen LogP contribution in [0.1, 0.15) is 64.6 Å². The minimum absolute atomic E-state index is 0.0926. The summed E-state index contributed by atoms with van der Waals surface area (Å²) in [4.78, 5) is 30.4. The fraction of sp³-hybridized carbons (Fsp3) is 0.387. The normalized spacial score (nSPS) is 15.6. The zero-order chi connectivity index (χ0) is 27.4. The van der Waals surface area contributed by atoms with E-state index in [4.69, 9.17) is 4.74 Å². The number of likely N-dealkylation sites (tertiary alicyclic amines) is 1. The van der Waals surface area contributed by atoms with Crippen molar-refractivity contribution in [3.05, 3.63) is 72.6 Å². The van der Waals surface area contributed by atoms with Gasteiger partial charge in [0.1, 0.15) is 17.2 Å². The minimum Gasteiger partial charge on any atom is -0.444 e. The summed E-state index contributed by atoms with van der Waals surface area (Å²) < 4.78 is 5.61. The lowest BCUT2D eigenvalue weighted by Gasteiger charge is -2.27. The van der Waals surface area contributed by atoms with Gasteiger partial charge in [-0.2, -0.15) is 0 Å². The molecule has 204 valence electrons. The molecular formula is C31H38N6O2. The number of imidazole rings is 2. The second-order valence-electron chi connectivity index (χ2n) is 11.1. The Morgan fingerprint density at radius 2 is 1.54 bits per heavy atom. The number of nitrogens with zero attached hydrogens (tertiary/aromatic N) is 3. The van der Waals surface area contributed by atoms with Gasteiger partial charge in [0, 0.05) is 6.54 Å². The van der Waals surface area contributed by atoms with Crippen LogP contribution < -0.4 is 5.32 Å². The summed E-state index contributed by atoms with van der Waals surface area (Å²) in [7, 11) is 0. The molecule has 8 nitrogen and oxygen atoms in total. The molecule has 3 heterocycles. The van der Waals surface area contributed by atoms with Crippen LogP contribution in [0.4, 0.5) is 4.79 Å². The van der Waals surface area contributed by atoms with Gasteiger partial charge in [-0.1, -0.05) is 55.5 Å². The molecule has 1 aliphatic heterocycles. The van der Waals surface area contributed by atoms with E-state index in [1.807, 2.05) is 33.2 Å². The van der Waals surface area contributed by atoms with Crippen LogP contribution in [0.3, 0.4) is 0 Å². The SMILES string of the molecule is CCCNCc1ncc(-c2ccc(-c3ccc(-c4cnc([C@@H]5CCCN5C(=O)OC(C)(C)C)[nH]4)cc3)cc2)[nH]1. The molecule has 0 aliphatic carbocycles. The number of carbonyl (C=O) groups excluding carboxylic acids is 1. The largest absolute Gasteiger partial charge is 0.444 e. The molecule has 1 amide bonds. The topological polar surface area (TPSA) is 98.9 Å². The zero-order valence-corrected chi connectivity index (χ0v) is 23.3. The number of amides is 1. The summed E-state index contributed by atoms with van der Waals surface area (Å²) in [5, 5.41) is 3.37. The Hall–Kier alpha value is -3.91. The molecule has 0 saturated carbocycles. The van der Waals surface area contributed by atoms with Gasteiger partial charge in [0.25, 0.3) is 0 Å². The van der Waals surface area contributed by atoms with Gasteiger partial charge in [-0.05, 0) is 68.8 Å². The van der Waals surface area contributed by atoms with Crippen molar-refractivity contribution in [3.8, 4) is 33.6 Å². The summed E-state index contributed by atoms with van der Waals surface area (Å²) >= 11 is 0. The first-order chi connectivity index (χ1) is 18.8. The summed E-state index contributed by atoms with van der Waals surface area (Å²) in [6, 6.07) is 16.9. The van der Waals surface area contributed by atoms with Crippen molar-refractivity contribution in [1.82, 2.24) is 30.2 Å². The highest BCUT2D eigenvalue weighted by atomic mass is 16.6. The quantitative estimate of drug-likeness (QED) is 0.222. The monoisotopic (exact) mass is 526 g/mol. The van der Waals surface area contributed by atoms with Crippen LogP contribution in [0.5, 0.6) is 0 Å². The van der Waals surface area contributed by atoms with Crippen molar-refractivity contribution in [2.45, 2.75) is 65.1 Å². The molecule has 0 spiro atoms. The van der Waals surface area contributed by atoms with Crippen molar-refractivity contribution >= 4 is 6.09 Å². The van der Waals surface area contributed by atoms with Crippen molar-refractivity contribution < 1.29 is 9.53 Å². The number of aromatic amines is 2. The summed E-state index contributed by atoms with van der Waals surface area (Å²) in [5.74, 6) is 1.75. The molecule has 2 aromatic carbocycles. The van der Waals surface area contributed by atoms with Gasteiger partial charge in [0.2, 0.25) is 0 Å². The predicted octanol–water partition coefficient (Wildman–Crippen LogP) is 6.71. The van der Waals surface area contributed by atoms with Crippen LogP contribution in [0.25, 0.3) is 33.6 Å². The van der Waals surface area contributed by atoms with Crippen molar-refractivity contribution in [1.29, 1.82) is 0 Å². The number of rotatable bonds is 8. The van der Waals surface area contributed by atoms with E-state index in [1.54, 1.807) is 4.90 Å². The van der Waals surface area contributed by atoms with E-state index in [2.05, 4.69) is 80.7 Å². The van der Waals surface area contributed by atoms with Crippen molar-refractivity contribution in [2.24, 2.45) is 0 Å². The Labute approximate surface area is 230 Å². The minimum atomic E-state index is -0.519. The van der Waals surface area contributed by atoms with Crippen LogP contribution in [-0.4, -0.2) is 49.6 Å². The third-order valence-corrected chi connectivity index (χ3v) is 6.86. The van der Waals surface area contributed by atoms with Crippen molar-refractivity contribution in [3.63, 3.8) is 0 Å². The smallest absolute Gasteiger partial charge is 0.410 e. The second kappa shape index (κ2) is 11.5. The fourth-order valence-electron chi connectivity index (χ4n) is 4.91. The van der Waals surface area contributed by atoms with Gasteiger partial charge in [0.15, 0.2) is 0 Å². The first kappa shape index (κ1) is 26.7. The number of benzene rings is 2. The maximum Gasteiger partial charge on any atom is 0.410 e. The number of hydrogen-bond acceptors (Lipinski definition) is 5. The van der Waals surface area contributed by atoms with E-state index in [9.17, 15) is 4.79 Å². The molecule has 1 atom stereocenters. The number of ether oxygens (including phenoxy) is 1. The summed E-state index contributed by atoms with van der Waals surface area (Å²) in [5.41, 5.74) is 5.90. The molecule has 39 heavy (non-hydrogen) atoms. The standard InChI is InChI=1S/C31H38N6O2/c1-5-16-32-20-28-33-18-25(35-28)23-12-8-21(9-13-23)22-10-14-24(15-11-22)26-19-34-29(36-26)27-7-6-17-37(27)30(38)39-31(2,3)4/h8-15,18-19,27,32H,5-7,16-17,20H2,1-4H3,(H,33,35)(H,34,36)/t27-/m0/s1. The number of H-pyrrole nitrogens is 2. The van der Waals surface area contributed by atoms with Crippen LogP contribution >= 0.6 is 0 Å². The molecule has 1 aliphatic rings. The van der Waals surface area contributed by atoms with E-state index in [0.29, 0.717) is 6.54 Å². The lowest BCUT2D eigenvalue weighted by molar-refractivity contribution is 0.0218. The number of nitrogens with one attached hydrogen (secondary N) is 3. The summed E-state index contributed by atoms with van der Waals surface area (Å²) in [6.07, 6.45) is 6.37. The maximum atomic E-state index is 12.7. The number of hydrogen-bond donors (Lipinski definition) is 3. The van der Waals surface area contributed by atoms with E-state index in [-0.39, 0.29) is 12.1 Å².